The Morgan fingerprint density at radius 3 is 2.06 bits per heavy atom. The summed E-state index contributed by atoms with van der Waals surface area (Å²) in [6, 6.07) is 6.35. The van der Waals surface area contributed by atoms with E-state index in [1.165, 1.54) is 12.1 Å². The van der Waals surface area contributed by atoms with Gasteiger partial charge in [-0.1, -0.05) is 12.1 Å². The Morgan fingerprint density at radius 1 is 0.882 bits per heavy atom. The quantitative estimate of drug-likeness (QED) is 0.227. The minimum absolute atomic E-state index is 0.0751. The number of rotatable bonds is 6. The van der Waals surface area contributed by atoms with Gasteiger partial charge in [0.15, 0.2) is 4.75 Å². The second kappa shape index (κ2) is 8.25. The highest BCUT2D eigenvalue weighted by Gasteiger charge is 2.52. The Bertz CT molecular complexity index is 1510. The molecule has 0 saturated carbocycles. The van der Waals surface area contributed by atoms with Crippen LogP contribution in [0.5, 0.6) is 0 Å². The number of nitrogen functional groups attached to an aromatic ring is 1. The minimum atomic E-state index is -5.30. The van der Waals surface area contributed by atoms with Crippen LogP contribution in [0.4, 0.5) is 5.69 Å². The molecule has 180 valence electrons. The first kappa shape index (κ1) is 24.9. The van der Waals surface area contributed by atoms with Crippen molar-refractivity contribution >= 4 is 43.3 Å². The van der Waals surface area contributed by atoms with E-state index in [1.54, 1.807) is 0 Å². The Labute approximate surface area is 194 Å². The van der Waals surface area contributed by atoms with Crippen LogP contribution in [-0.4, -0.2) is 37.8 Å². The second-order valence-electron chi connectivity index (χ2n) is 7.52. The van der Waals surface area contributed by atoms with Crippen molar-refractivity contribution < 1.29 is 35.5 Å². The molecule has 1 aliphatic rings. The Hall–Kier alpha value is -3.72. The zero-order valence-electron chi connectivity index (χ0n) is 17.3. The van der Waals surface area contributed by atoms with Crippen molar-refractivity contribution in [3.05, 3.63) is 76.5 Å². The molecular weight excluding hydrogens is 488 g/mol. The number of anilines is 1. The number of hydrogen-bond donors (Lipinski definition) is 6. The van der Waals surface area contributed by atoms with E-state index >= 15 is 0 Å². The highest BCUT2D eigenvalue weighted by atomic mass is 32.2. The van der Waals surface area contributed by atoms with Gasteiger partial charge >= 0.3 is 0 Å². The van der Waals surface area contributed by atoms with Gasteiger partial charge in [0.2, 0.25) is 11.8 Å². The molecule has 2 aromatic carbocycles. The molecule has 0 fully saturated rings. The number of hydrogen-bond acceptors (Lipinski definition) is 8. The Kier molecular flexibility index (Phi) is 6.04. The van der Waals surface area contributed by atoms with Crippen LogP contribution >= 0.6 is 0 Å². The van der Waals surface area contributed by atoms with Crippen molar-refractivity contribution in [1.29, 1.82) is 0 Å². The highest BCUT2D eigenvalue weighted by molar-refractivity contribution is 7.87. The summed E-state index contributed by atoms with van der Waals surface area (Å²) in [7, 11) is -10.3. The van der Waals surface area contributed by atoms with Crippen LogP contribution in [0.25, 0.3) is 5.57 Å². The van der Waals surface area contributed by atoms with Crippen LogP contribution in [0.3, 0.4) is 0 Å². The Morgan fingerprint density at radius 2 is 1.53 bits per heavy atom. The summed E-state index contributed by atoms with van der Waals surface area (Å²) in [5.41, 5.74) is 20.3. The Balaban J connectivity index is 2.57. The first-order valence-electron chi connectivity index (χ1n) is 9.35. The van der Waals surface area contributed by atoms with Crippen molar-refractivity contribution in [2.24, 2.45) is 17.2 Å². The van der Waals surface area contributed by atoms with Crippen molar-refractivity contribution in [2.75, 3.05) is 5.73 Å². The maximum Gasteiger partial charge on any atom is 0.295 e. The molecule has 0 heterocycles. The number of nitrogens with two attached hydrogens (primary N) is 4. The lowest BCUT2D eigenvalue weighted by Crippen LogP contribution is -2.42. The van der Waals surface area contributed by atoms with Crippen LogP contribution in [-0.2, 0) is 25.0 Å². The third kappa shape index (κ3) is 4.14. The van der Waals surface area contributed by atoms with E-state index in [0.29, 0.717) is 0 Å². The molecule has 1 unspecified atom stereocenters. The number of carbonyl (C=O) groups excluding carboxylic acids is 2. The SMILES string of the molecule is NC(=O)c1ccc(C(N)=O)c(C2(S(=O)(=O)O)CC(N)=CC=C2c2ccc(N)cc2S(=O)(=O)O)c1. The number of carbonyl (C=O) groups is 2. The molecule has 3 rings (SSSR count). The van der Waals surface area contributed by atoms with E-state index in [0.717, 1.165) is 36.4 Å². The van der Waals surface area contributed by atoms with Gasteiger partial charge < -0.3 is 22.9 Å². The zero-order chi connectivity index (χ0) is 25.6. The lowest BCUT2D eigenvalue weighted by atomic mass is 9.77. The lowest BCUT2D eigenvalue weighted by molar-refractivity contribution is 0.0987. The first-order valence-corrected chi connectivity index (χ1v) is 12.2. The molecule has 34 heavy (non-hydrogen) atoms. The molecule has 0 bridgehead atoms. The molecule has 2 aromatic rings. The van der Waals surface area contributed by atoms with Gasteiger partial charge in [0, 0.05) is 34.5 Å². The molecule has 12 nitrogen and oxygen atoms in total. The molecule has 0 aromatic heterocycles. The third-order valence-electron chi connectivity index (χ3n) is 5.37. The van der Waals surface area contributed by atoms with Crippen molar-refractivity contribution in [3.8, 4) is 0 Å². The summed E-state index contributed by atoms with van der Waals surface area (Å²) in [5, 5.41) is 0. The van der Waals surface area contributed by atoms with Crippen LogP contribution in [0.15, 0.2) is 59.1 Å². The van der Waals surface area contributed by atoms with Gasteiger partial charge in [0.25, 0.3) is 20.2 Å². The molecule has 0 aliphatic heterocycles. The molecule has 1 atom stereocenters. The summed E-state index contributed by atoms with van der Waals surface area (Å²) < 4.78 is 68.0. The standard InChI is InChI=1S/C20H20N4O8S2/c21-11-2-5-13(17(8-11)33(27,28)29)15-6-3-12(22)9-20(15,34(30,31)32)16-7-10(18(23)25)1-4-14(16)19(24)26/h1-8H,9,21-22H2,(H2,23,25)(H2,24,26)(H,27,28,29)(H,30,31,32). The topological polar surface area (TPSA) is 247 Å². The number of allylic oxidation sites excluding steroid dienone is 3. The van der Waals surface area contributed by atoms with E-state index in [-0.39, 0.29) is 28.1 Å². The highest BCUT2D eigenvalue weighted by Crippen LogP contribution is 2.51. The van der Waals surface area contributed by atoms with Crippen LogP contribution in [0.2, 0.25) is 0 Å². The predicted molar refractivity (Wildman–Crippen MR) is 122 cm³/mol. The van der Waals surface area contributed by atoms with Gasteiger partial charge in [0.1, 0.15) is 4.90 Å². The maximum atomic E-state index is 13.0. The zero-order valence-corrected chi connectivity index (χ0v) is 18.9. The lowest BCUT2D eigenvalue weighted by Gasteiger charge is -2.37. The fourth-order valence-corrected chi connectivity index (χ4v) is 5.90. The van der Waals surface area contributed by atoms with Gasteiger partial charge in [0.05, 0.1) is 0 Å². The fraction of sp³-hybridized carbons (Fsp3) is 0.100. The monoisotopic (exact) mass is 508 g/mol. The summed E-state index contributed by atoms with van der Waals surface area (Å²) in [4.78, 5) is 23.3. The largest absolute Gasteiger partial charge is 0.402 e. The van der Waals surface area contributed by atoms with Gasteiger partial charge in [-0.15, -0.1) is 0 Å². The van der Waals surface area contributed by atoms with E-state index in [1.807, 2.05) is 0 Å². The molecular formula is C20H20N4O8S2. The predicted octanol–water partition coefficient (Wildman–Crippen LogP) is 0.126. The fourth-order valence-electron chi connectivity index (χ4n) is 3.90. The van der Waals surface area contributed by atoms with Crippen LogP contribution in [0, 0.1) is 0 Å². The third-order valence-corrected chi connectivity index (χ3v) is 7.73. The number of amides is 2. The minimum Gasteiger partial charge on any atom is -0.402 e. The number of benzene rings is 2. The van der Waals surface area contributed by atoms with Crippen molar-refractivity contribution in [1.82, 2.24) is 0 Å². The second-order valence-corrected chi connectivity index (χ2v) is 10.6. The van der Waals surface area contributed by atoms with E-state index in [9.17, 15) is 35.5 Å². The molecule has 14 heteroatoms. The molecule has 1 aliphatic carbocycles. The summed E-state index contributed by atoms with van der Waals surface area (Å²) in [6.07, 6.45) is 1.69. The van der Waals surface area contributed by atoms with Gasteiger partial charge in [-0.05, 0) is 47.5 Å². The van der Waals surface area contributed by atoms with Crippen LogP contribution in [0.1, 0.15) is 38.3 Å². The molecule has 0 spiro atoms. The maximum absolute atomic E-state index is 13.0. The van der Waals surface area contributed by atoms with Gasteiger partial charge in [-0.25, -0.2) is 0 Å². The normalized spacial score (nSPS) is 18.6. The summed E-state index contributed by atoms with van der Waals surface area (Å²) >= 11 is 0. The van der Waals surface area contributed by atoms with E-state index in [4.69, 9.17) is 22.9 Å². The van der Waals surface area contributed by atoms with E-state index in [2.05, 4.69) is 0 Å². The van der Waals surface area contributed by atoms with Crippen molar-refractivity contribution in [3.63, 3.8) is 0 Å². The molecule has 0 radical (unpaired) electrons. The van der Waals surface area contributed by atoms with Gasteiger partial charge in [-0.2, -0.15) is 16.8 Å². The smallest absolute Gasteiger partial charge is 0.295 e. The number of primary amides is 2. The average Bonchev–Trinajstić information content (AvgIpc) is 2.71. The van der Waals surface area contributed by atoms with Crippen LogP contribution < -0.4 is 22.9 Å². The van der Waals surface area contributed by atoms with E-state index < -0.39 is 59.2 Å². The molecule has 2 amide bonds. The van der Waals surface area contributed by atoms with Gasteiger partial charge in [-0.3, -0.25) is 18.7 Å². The summed E-state index contributed by atoms with van der Waals surface area (Å²) in [5.74, 6) is -2.10. The van der Waals surface area contributed by atoms with Crippen molar-refractivity contribution in [2.45, 2.75) is 16.1 Å². The molecule has 0 saturated heterocycles. The first-order chi connectivity index (χ1) is 15.6. The average molecular weight is 509 g/mol. The summed E-state index contributed by atoms with van der Waals surface area (Å²) in [6.45, 7) is 0. The molecule has 10 N–H and O–H groups in total.